The van der Waals surface area contributed by atoms with E-state index in [0.29, 0.717) is 40.0 Å². The molecule has 0 unspecified atom stereocenters. The van der Waals surface area contributed by atoms with Crippen LogP contribution in [0.2, 0.25) is 0 Å². The number of furan rings is 1. The molecule has 0 atom stereocenters. The lowest BCUT2D eigenvalue weighted by molar-refractivity contribution is 0.0939. The number of methoxy groups -OCH3 is 3. The van der Waals surface area contributed by atoms with Gasteiger partial charge in [0.15, 0.2) is 17.2 Å². The van der Waals surface area contributed by atoms with Crippen molar-refractivity contribution in [3.8, 4) is 17.2 Å². The van der Waals surface area contributed by atoms with Gasteiger partial charge >= 0.3 is 0 Å². The Balaban J connectivity index is 1.85. The lowest BCUT2D eigenvalue weighted by Gasteiger charge is -2.11. The molecule has 3 aromatic rings. The number of benzene rings is 1. The molecule has 0 fully saturated rings. The minimum absolute atomic E-state index is 0.268. The van der Waals surface area contributed by atoms with Gasteiger partial charge in [0.25, 0.3) is 5.91 Å². The Bertz CT molecular complexity index is 1010. The molecule has 152 valence electrons. The topological polar surface area (TPSA) is 100 Å². The van der Waals surface area contributed by atoms with E-state index in [4.69, 9.17) is 18.6 Å². The first kappa shape index (κ1) is 20.0. The molecule has 2 aromatic heterocycles. The van der Waals surface area contributed by atoms with Crippen LogP contribution in [0.1, 0.15) is 21.8 Å². The normalized spacial score (nSPS) is 10.9. The fourth-order valence-electron chi connectivity index (χ4n) is 2.74. The largest absolute Gasteiger partial charge is 0.496 e. The lowest BCUT2D eigenvalue weighted by atomic mass is 10.2. The van der Waals surface area contributed by atoms with E-state index in [2.05, 4.69) is 15.4 Å². The Kier molecular flexibility index (Phi) is 6.18. The van der Waals surface area contributed by atoms with Gasteiger partial charge in [-0.25, -0.2) is 0 Å². The molecule has 0 aliphatic rings. The molecule has 0 spiro atoms. The van der Waals surface area contributed by atoms with Gasteiger partial charge < -0.3 is 23.9 Å². The molecule has 0 radical (unpaired) electrons. The van der Waals surface area contributed by atoms with Crippen molar-refractivity contribution in [1.82, 2.24) is 15.1 Å². The first-order valence-corrected chi connectivity index (χ1v) is 8.74. The quantitative estimate of drug-likeness (QED) is 0.586. The second kappa shape index (κ2) is 8.96. The molecule has 9 nitrogen and oxygen atoms in total. The third-order valence-corrected chi connectivity index (χ3v) is 4.22. The van der Waals surface area contributed by atoms with Crippen molar-refractivity contribution in [3.63, 3.8) is 0 Å². The molecule has 0 bridgehead atoms. The third-order valence-electron chi connectivity index (χ3n) is 4.22. The number of carbonyl (C=O) groups is 1. The minimum atomic E-state index is -0.312. The van der Waals surface area contributed by atoms with Crippen molar-refractivity contribution in [2.75, 3.05) is 21.3 Å². The Morgan fingerprint density at radius 3 is 2.59 bits per heavy atom. The van der Waals surface area contributed by atoms with Gasteiger partial charge in [-0.2, -0.15) is 5.10 Å². The van der Waals surface area contributed by atoms with E-state index in [1.807, 2.05) is 0 Å². The van der Waals surface area contributed by atoms with Crippen LogP contribution >= 0.6 is 0 Å². The highest BCUT2D eigenvalue weighted by Gasteiger charge is 2.17. The molecular weight excluding hydrogens is 376 g/mol. The lowest BCUT2D eigenvalue weighted by Crippen LogP contribution is -2.25. The maximum Gasteiger partial charge on any atom is 0.272 e. The van der Waals surface area contributed by atoms with E-state index in [9.17, 15) is 4.79 Å². The van der Waals surface area contributed by atoms with Gasteiger partial charge in [0.1, 0.15) is 17.2 Å². The highest BCUT2D eigenvalue weighted by molar-refractivity contribution is 5.98. The molecule has 1 amide bonds. The van der Waals surface area contributed by atoms with E-state index in [1.54, 1.807) is 65.1 Å². The molecule has 29 heavy (non-hydrogen) atoms. The number of aliphatic imine (C=N–C) groups is 1. The second-order valence-corrected chi connectivity index (χ2v) is 5.97. The van der Waals surface area contributed by atoms with Crippen molar-refractivity contribution in [2.24, 2.45) is 12.0 Å². The van der Waals surface area contributed by atoms with Crippen molar-refractivity contribution < 1.29 is 23.4 Å². The third kappa shape index (κ3) is 4.40. The van der Waals surface area contributed by atoms with Gasteiger partial charge in [-0.15, -0.1) is 0 Å². The van der Waals surface area contributed by atoms with Gasteiger partial charge in [0, 0.05) is 24.9 Å². The SMILES string of the molecule is COc1cc(OC)c(OC)cc1C=Nc1cnn(C)c1C(=O)NCc1ccco1. The maximum absolute atomic E-state index is 12.6. The van der Waals surface area contributed by atoms with E-state index < -0.39 is 0 Å². The Labute approximate surface area is 167 Å². The van der Waals surface area contributed by atoms with Crippen LogP contribution in [0, 0.1) is 0 Å². The molecule has 0 aliphatic heterocycles. The molecule has 0 saturated carbocycles. The van der Waals surface area contributed by atoms with Gasteiger partial charge in [0.2, 0.25) is 0 Å². The predicted molar refractivity (Wildman–Crippen MR) is 106 cm³/mol. The number of ether oxygens (including phenoxy) is 3. The van der Waals surface area contributed by atoms with Crippen molar-refractivity contribution in [2.45, 2.75) is 6.54 Å². The zero-order valence-corrected chi connectivity index (χ0v) is 16.6. The van der Waals surface area contributed by atoms with Crippen molar-refractivity contribution in [1.29, 1.82) is 0 Å². The average molecular weight is 398 g/mol. The number of aromatic nitrogens is 2. The summed E-state index contributed by atoms with van der Waals surface area (Å²) in [7, 11) is 6.33. The monoisotopic (exact) mass is 398 g/mol. The van der Waals surface area contributed by atoms with Gasteiger partial charge in [-0.05, 0) is 18.2 Å². The van der Waals surface area contributed by atoms with Crippen LogP contribution in [0.4, 0.5) is 5.69 Å². The van der Waals surface area contributed by atoms with Gasteiger partial charge in [-0.3, -0.25) is 14.5 Å². The Morgan fingerprint density at radius 2 is 1.93 bits per heavy atom. The Hall–Kier alpha value is -3.75. The summed E-state index contributed by atoms with van der Waals surface area (Å²) in [4.78, 5) is 17.0. The van der Waals surface area contributed by atoms with Crippen LogP contribution in [0.15, 0.2) is 46.1 Å². The molecular formula is C20H22N4O5. The molecule has 3 rings (SSSR count). The summed E-state index contributed by atoms with van der Waals surface area (Å²) in [6, 6.07) is 7.00. The summed E-state index contributed by atoms with van der Waals surface area (Å²) in [6.07, 6.45) is 4.66. The Morgan fingerprint density at radius 1 is 1.21 bits per heavy atom. The summed E-state index contributed by atoms with van der Waals surface area (Å²) < 4.78 is 22.7. The maximum atomic E-state index is 12.6. The molecule has 1 aromatic carbocycles. The summed E-state index contributed by atoms with van der Waals surface area (Å²) in [5.41, 5.74) is 1.41. The fourth-order valence-corrected chi connectivity index (χ4v) is 2.74. The highest BCUT2D eigenvalue weighted by Crippen LogP contribution is 2.34. The number of hydrogen-bond acceptors (Lipinski definition) is 7. The number of hydrogen-bond donors (Lipinski definition) is 1. The first-order chi connectivity index (χ1) is 14.1. The predicted octanol–water partition coefficient (Wildman–Crippen LogP) is 2.72. The van der Waals surface area contributed by atoms with E-state index >= 15 is 0 Å². The van der Waals surface area contributed by atoms with Crippen LogP contribution in [-0.2, 0) is 13.6 Å². The van der Waals surface area contributed by atoms with E-state index in [1.165, 1.54) is 10.9 Å². The number of nitrogens with one attached hydrogen (secondary N) is 1. The van der Waals surface area contributed by atoms with E-state index in [0.717, 1.165) is 0 Å². The first-order valence-electron chi connectivity index (χ1n) is 8.74. The van der Waals surface area contributed by atoms with Crippen LogP contribution in [0.3, 0.4) is 0 Å². The van der Waals surface area contributed by atoms with Gasteiger partial charge in [0.05, 0.1) is 40.3 Å². The molecule has 0 saturated heterocycles. The minimum Gasteiger partial charge on any atom is -0.496 e. The highest BCUT2D eigenvalue weighted by atomic mass is 16.5. The van der Waals surface area contributed by atoms with Crippen molar-refractivity contribution in [3.05, 3.63) is 53.7 Å². The standard InChI is InChI=1S/C20H22N4O5/c1-24-19(20(25)22-11-14-6-5-7-29-14)15(12-23-24)21-10-13-8-17(27-3)18(28-4)9-16(13)26-2/h5-10,12H,11H2,1-4H3,(H,22,25). The zero-order chi connectivity index (χ0) is 20.8. The zero-order valence-electron chi connectivity index (χ0n) is 16.6. The number of aryl methyl sites for hydroxylation is 1. The summed E-state index contributed by atoms with van der Waals surface area (Å²) in [5.74, 6) is 1.98. The fraction of sp³-hybridized carbons (Fsp3) is 0.250. The number of nitrogens with zero attached hydrogens (tertiary/aromatic N) is 3. The van der Waals surface area contributed by atoms with Crippen molar-refractivity contribution >= 4 is 17.8 Å². The summed E-state index contributed by atoms with van der Waals surface area (Å²) in [5, 5.41) is 6.94. The number of amides is 1. The van der Waals surface area contributed by atoms with Gasteiger partial charge in [-0.1, -0.05) is 0 Å². The summed E-state index contributed by atoms with van der Waals surface area (Å²) in [6.45, 7) is 0.268. The van der Waals surface area contributed by atoms with Crippen LogP contribution in [0.25, 0.3) is 0 Å². The smallest absolute Gasteiger partial charge is 0.272 e. The summed E-state index contributed by atoms with van der Waals surface area (Å²) >= 11 is 0. The number of carbonyl (C=O) groups excluding carboxylic acids is 1. The second-order valence-electron chi connectivity index (χ2n) is 5.97. The average Bonchev–Trinajstić information content (AvgIpc) is 3.39. The number of rotatable bonds is 8. The molecule has 2 heterocycles. The van der Waals surface area contributed by atoms with E-state index in [-0.39, 0.29) is 12.5 Å². The molecule has 9 heteroatoms. The van der Waals surface area contributed by atoms with Crippen LogP contribution < -0.4 is 19.5 Å². The van der Waals surface area contributed by atoms with Crippen LogP contribution in [-0.4, -0.2) is 43.2 Å². The molecule has 0 aliphatic carbocycles. The molecule has 1 N–H and O–H groups in total. The van der Waals surface area contributed by atoms with Crippen LogP contribution in [0.5, 0.6) is 17.2 Å².